The molecule has 0 aliphatic heterocycles. The summed E-state index contributed by atoms with van der Waals surface area (Å²) >= 11 is 4.37. The van der Waals surface area contributed by atoms with Gasteiger partial charge in [0.05, 0.1) is 12.6 Å². The fourth-order valence-electron chi connectivity index (χ4n) is 2.16. The number of benzene rings is 2. The number of nitrogens with one attached hydrogen (secondary N) is 3. The molecule has 0 aliphatic rings. The van der Waals surface area contributed by atoms with Crippen LogP contribution in [-0.2, 0) is 11.2 Å². The van der Waals surface area contributed by atoms with Gasteiger partial charge in [-0.25, -0.2) is 10.2 Å². The Labute approximate surface area is 182 Å². The molecule has 3 rings (SSSR count). The molecule has 2 aromatic carbocycles. The molecule has 0 saturated carbocycles. The lowest BCUT2D eigenvalue weighted by Crippen LogP contribution is -2.19. The molecule has 5 N–H and O–H groups in total. The predicted molar refractivity (Wildman–Crippen MR) is 116 cm³/mol. The molecule has 0 spiro atoms. The summed E-state index contributed by atoms with van der Waals surface area (Å²) in [6.45, 7) is 0. The van der Waals surface area contributed by atoms with Crippen molar-refractivity contribution in [1.29, 1.82) is 0 Å². The van der Waals surface area contributed by atoms with Crippen LogP contribution in [0, 0.1) is 0 Å². The maximum Gasteiger partial charge on any atom is 0.325 e. The molecule has 0 radical (unpaired) electrons. The van der Waals surface area contributed by atoms with Crippen molar-refractivity contribution < 1.29 is 19.8 Å². The number of hydrazone groups is 1. The summed E-state index contributed by atoms with van der Waals surface area (Å²) in [6, 6.07) is 10.6. The lowest BCUT2D eigenvalue weighted by Gasteiger charge is -2.04. The van der Waals surface area contributed by atoms with Crippen LogP contribution in [0.3, 0.4) is 0 Å². The first-order chi connectivity index (χ1) is 14.4. The first-order valence-electron chi connectivity index (χ1n) is 8.39. The quantitative estimate of drug-likeness (QED) is 0.264. The Balaban J connectivity index is 1.48. The first-order valence-corrected chi connectivity index (χ1v) is 10.00. The van der Waals surface area contributed by atoms with E-state index < -0.39 is 11.9 Å². The van der Waals surface area contributed by atoms with Crippen molar-refractivity contribution in [2.75, 3.05) is 10.6 Å². The number of carbonyl (C=O) groups is 2. The molecule has 3 amide bonds. The molecule has 12 heteroatoms. The van der Waals surface area contributed by atoms with Gasteiger partial charge in [0.1, 0.15) is 16.5 Å². The van der Waals surface area contributed by atoms with E-state index in [0.29, 0.717) is 16.3 Å². The van der Waals surface area contributed by atoms with E-state index in [-0.39, 0.29) is 23.1 Å². The van der Waals surface area contributed by atoms with E-state index in [2.05, 4.69) is 47.3 Å². The van der Waals surface area contributed by atoms with Crippen molar-refractivity contribution in [3.63, 3.8) is 0 Å². The van der Waals surface area contributed by atoms with Gasteiger partial charge in [0.15, 0.2) is 0 Å². The number of carbonyl (C=O) groups excluding carboxylic acids is 2. The number of amides is 3. The highest BCUT2D eigenvalue weighted by Gasteiger charge is 2.11. The van der Waals surface area contributed by atoms with Crippen LogP contribution >= 0.6 is 27.3 Å². The maximum atomic E-state index is 12.0. The highest BCUT2D eigenvalue weighted by atomic mass is 79.9. The Hall–Kier alpha value is -3.51. The van der Waals surface area contributed by atoms with Gasteiger partial charge in [0.2, 0.25) is 11.0 Å². The second-order valence-corrected chi connectivity index (χ2v) is 7.78. The van der Waals surface area contributed by atoms with E-state index in [0.717, 1.165) is 21.9 Å². The number of phenolic OH excluding ortho intramolecular Hbond substituents is 2. The van der Waals surface area contributed by atoms with Crippen molar-refractivity contribution in [1.82, 2.24) is 15.6 Å². The molecule has 1 heterocycles. The predicted octanol–water partition coefficient (Wildman–Crippen LogP) is 3.05. The molecule has 3 aromatic rings. The van der Waals surface area contributed by atoms with Crippen LogP contribution in [0.5, 0.6) is 11.5 Å². The number of urea groups is 1. The number of rotatable bonds is 6. The van der Waals surface area contributed by atoms with Gasteiger partial charge in [-0.15, -0.1) is 10.2 Å². The van der Waals surface area contributed by atoms with Crippen LogP contribution in [0.1, 0.15) is 10.6 Å². The van der Waals surface area contributed by atoms with Crippen molar-refractivity contribution in [3.8, 4) is 11.5 Å². The first kappa shape index (κ1) is 21.2. The Morgan fingerprint density at radius 3 is 2.60 bits per heavy atom. The van der Waals surface area contributed by atoms with E-state index >= 15 is 0 Å². The summed E-state index contributed by atoms with van der Waals surface area (Å²) in [5.74, 6) is -0.708. The summed E-state index contributed by atoms with van der Waals surface area (Å²) in [5.41, 5.74) is 3.24. The third-order valence-electron chi connectivity index (χ3n) is 3.51. The highest BCUT2D eigenvalue weighted by molar-refractivity contribution is 9.10. The molecular formula is C18H15BrN6O4S. The van der Waals surface area contributed by atoms with Gasteiger partial charge in [-0.1, -0.05) is 27.3 Å². The average molecular weight is 491 g/mol. The fraction of sp³-hybridized carbons (Fsp3) is 0.0556. The van der Waals surface area contributed by atoms with Crippen LogP contribution in [0.4, 0.5) is 15.6 Å². The second-order valence-electron chi connectivity index (χ2n) is 5.80. The van der Waals surface area contributed by atoms with Gasteiger partial charge in [-0.3, -0.25) is 10.1 Å². The third-order valence-corrected chi connectivity index (χ3v) is 4.88. The second kappa shape index (κ2) is 9.80. The molecule has 0 saturated heterocycles. The normalized spacial score (nSPS) is 10.7. The summed E-state index contributed by atoms with van der Waals surface area (Å²) in [7, 11) is 0. The molecule has 10 nitrogen and oxygen atoms in total. The Morgan fingerprint density at radius 2 is 1.87 bits per heavy atom. The van der Waals surface area contributed by atoms with E-state index in [4.69, 9.17) is 0 Å². The number of hydrogen-bond acceptors (Lipinski definition) is 8. The van der Waals surface area contributed by atoms with Crippen LogP contribution < -0.4 is 16.1 Å². The molecule has 154 valence electrons. The van der Waals surface area contributed by atoms with Crippen LogP contribution in [-0.4, -0.2) is 38.6 Å². The molecule has 0 aliphatic carbocycles. The van der Waals surface area contributed by atoms with Crippen molar-refractivity contribution in [2.45, 2.75) is 6.42 Å². The lowest BCUT2D eigenvalue weighted by atomic mass is 10.2. The number of aromatic nitrogens is 2. The van der Waals surface area contributed by atoms with Gasteiger partial charge in [-0.05, 0) is 36.4 Å². The molecule has 0 unspecified atom stereocenters. The van der Waals surface area contributed by atoms with Crippen molar-refractivity contribution in [3.05, 3.63) is 57.5 Å². The average Bonchev–Trinajstić information content (AvgIpc) is 3.12. The summed E-state index contributed by atoms with van der Waals surface area (Å²) in [5, 5.41) is 36.1. The van der Waals surface area contributed by atoms with Gasteiger partial charge in [0, 0.05) is 21.8 Å². The topological polar surface area (TPSA) is 149 Å². The summed E-state index contributed by atoms with van der Waals surface area (Å²) in [4.78, 5) is 23.9. The zero-order valence-electron chi connectivity index (χ0n) is 15.2. The Kier molecular flexibility index (Phi) is 6.93. The number of phenols is 2. The number of hydrogen-bond donors (Lipinski definition) is 5. The minimum absolute atomic E-state index is 0.0834. The van der Waals surface area contributed by atoms with E-state index in [1.54, 1.807) is 24.3 Å². The largest absolute Gasteiger partial charge is 0.508 e. The zero-order valence-corrected chi connectivity index (χ0v) is 17.6. The molecule has 0 atom stereocenters. The van der Waals surface area contributed by atoms with Gasteiger partial charge >= 0.3 is 6.03 Å². The number of anilines is 2. The van der Waals surface area contributed by atoms with E-state index in [1.807, 2.05) is 0 Å². The molecule has 1 aromatic heterocycles. The van der Waals surface area contributed by atoms with Crippen molar-refractivity contribution in [2.24, 2.45) is 5.10 Å². The molecule has 0 fully saturated rings. The third kappa shape index (κ3) is 6.25. The summed E-state index contributed by atoms with van der Waals surface area (Å²) in [6.07, 6.45) is 1.15. The minimum atomic E-state index is -0.484. The number of nitrogens with zero attached hydrogens (tertiary/aromatic N) is 3. The van der Waals surface area contributed by atoms with E-state index in [9.17, 15) is 19.8 Å². The van der Waals surface area contributed by atoms with Gasteiger partial charge < -0.3 is 15.5 Å². The van der Waals surface area contributed by atoms with Crippen LogP contribution in [0.15, 0.2) is 52.0 Å². The van der Waals surface area contributed by atoms with Gasteiger partial charge in [0.25, 0.3) is 0 Å². The van der Waals surface area contributed by atoms with Crippen molar-refractivity contribution >= 4 is 56.2 Å². The number of halogens is 1. The van der Waals surface area contributed by atoms with Crippen LogP contribution in [0.2, 0.25) is 0 Å². The molecule has 30 heavy (non-hydrogen) atoms. The summed E-state index contributed by atoms with van der Waals surface area (Å²) < 4.78 is 0.893. The number of aromatic hydroxyl groups is 2. The standard InChI is InChI=1S/C18H15BrN6O4S/c19-11-2-4-12(5-3-11)21-17(29)22-18-25-24-16(30-18)8-15(28)23-20-9-10-1-6-13(26)7-14(10)27/h1-7,9,26-27H,8H2,(H,23,28)(H2,21,22,25,29)/b20-9-. The fourth-order valence-corrected chi connectivity index (χ4v) is 3.16. The highest BCUT2D eigenvalue weighted by Crippen LogP contribution is 2.21. The lowest BCUT2D eigenvalue weighted by molar-refractivity contribution is -0.120. The molecule has 0 bridgehead atoms. The van der Waals surface area contributed by atoms with Gasteiger partial charge in [-0.2, -0.15) is 5.10 Å². The monoisotopic (exact) mass is 490 g/mol. The Bertz CT molecular complexity index is 1090. The van der Waals surface area contributed by atoms with Crippen LogP contribution in [0.25, 0.3) is 0 Å². The minimum Gasteiger partial charge on any atom is -0.508 e. The molecular weight excluding hydrogens is 476 g/mol. The smallest absolute Gasteiger partial charge is 0.325 e. The SMILES string of the molecule is O=C(Cc1nnc(NC(=O)Nc2ccc(Br)cc2)s1)N/N=C\c1ccc(O)cc1O. The zero-order chi connectivity index (χ0) is 21.5. The Morgan fingerprint density at radius 1 is 1.10 bits per heavy atom. The maximum absolute atomic E-state index is 12.0. The van der Waals surface area contributed by atoms with E-state index in [1.165, 1.54) is 18.3 Å².